The largest absolute Gasteiger partial charge is 0.490 e. The molecule has 2 aromatic carbocycles. The molecule has 4 rings (SSSR count). The first-order valence-corrected chi connectivity index (χ1v) is 13.6. The molecule has 37 heavy (non-hydrogen) atoms. The fourth-order valence-electron chi connectivity index (χ4n) is 4.78. The van der Waals surface area contributed by atoms with E-state index in [4.69, 9.17) is 9.84 Å². The third-order valence-electron chi connectivity index (χ3n) is 6.84. The number of rotatable bonds is 9. The molecule has 0 aliphatic carbocycles. The van der Waals surface area contributed by atoms with Crippen molar-refractivity contribution in [3.05, 3.63) is 77.6 Å². The van der Waals surface area contributed by atoms with Gasteiger partial charge in [0.05, 0.1) is 24.5 Å². The van der Waals surface area contributed by atoms with Crippen molar-refractivity contribution in [1.82, 2.24) is 20.0 Å². The normalized spacial score (nSPS) is 15.2. The molecule has 0 saturated carbocycles. The topological polar surface area (TPSA) is 59.4 Å². The van der Waals surface area contributed by atoms with E-state index >= 15 is 0 Å². The smallest absolute Gasteiger partial charge is 0.234 e. The summed E-state index contributed by atoms with van der Waals surface area (Å²) in [6.07, 6.45) is 2.98. The van der Waals surface area contributed by atoms with Gasteiger partial charge in [-0.1, -0.05) is 65.0 Å². The second kappa shape index (κ2) is 12.0. The molecule has 0 spiro atoms. The molecule has 2 heterocycles. The van der Waals surface area contributed by atoms with E-state index in [1.165, 1.54) is 11.3 Å². The van der Waals surface area contributed by atoms with E-state index < -0.39 is 0 Å². The average molecular weight is 503 g/mol. The number of hydrogen-bond donors (Lipinski definition) is 1. The number of carbonyl (C=O) groups excluding carboxylic acids is 1. The highest BCUT2D eigenvalue weighted by Crippen LogP contribution is 2.26. The second-order valence-electron chi connectivity index (χ2n) is 11.6. The van der Waals surface area contributed by atoms with Crippen LogP contribution >= 0.6 is 0 Å². The van der Waals surface area contributed by atoms with Crippen molar-refractivity contribution in [1.29, 1.82) is 0 Å². The van der Waals surface area contributed by atoms with E-state index in [1.54, 1.807) is 0 Å². The lowest BCUT2D eigenvalue weighted by Gasteiger charge is -2.31. The summed E-state index contributed by atoms with van der Waals surface area (Å²) in [6.45, 7) is 13.6. The van der Waals surface area contributed by atoms with Gasteiger partial charge < -0.3 is 10.1 Å². The van der Waals surface area contributed by atoms with Crippen LogP contribution in [0.25, 0.3) is 5.69 Å². The van der Waals surface area contributed by atoms with Crippen LogP contribution in [0, 0.1) is 5.92 Å². The number of piperidine rings is 1. The number of ether oxygens (including phenoxy) is 1. The molecule has 1 fully saturated rings. The van der Waals surface area contributed by atoms with Crippen molar-refractivity contribution in [2.45, 2.75) is 71.9 Å². The van der Waals surface area contributed by atoms with Crippen LogP contribution in [0.2, 0.25) is 0 Å². The van der Waals surface area contributed by atoms with Crippen LogP contribution in [-0.2, 0) is 23.2 Å². The first kappa shape index (κ1) is 26.9. The Morgan fingerprint density at radius 3 is 2.35 bits per heavy atom. The Morgan fingerprint density at radius 1 is 1.05 bits per heavy atom. The van der Waals surface area contributed by atoms with Crippen LogP contribution in [0.1, 0.15) is 64.4 Å². The maximum Gasteiger partial charge on any atom is 0.234 e. The van der Waals surface area contributed by atoms with Gasteiger partial charge in [0.15, 0.2) is 0 Å². The standard InChI is InChI=1S/C31H42N4O2/c1-23(2)19-27-20-25(33-35(27)26-9-7-6-8-10-26)21-32-30(36)22-34-17-15-29(16-18-34)37-28-13-11-24(12-14-28)31(3,4)5/h6-14,20,23,29H,15-19,21-22H2,1-5H3,(H,32,36). The molecule has 1 aliphatic rings. The molecular weight excluding hydrogens is 460 g/mol. The molecule has 1 aromatic heterocycles. The van der Waals surface area contributed by atoms with Gasteiger partial charge in [0.2, 0.25) is 5.91 Å². The zero-order chi connectivity index (χ0) is 26.4. The molecule has 1 aliphatic heterocycles. The van der Waals surface area contributed by atoms with Gasteiger partial charge >= 0.3 is 0 Å². The number of nitrogens with zero attached hydrogens (tertiary/aromatic N) is 3. The molecule has 198 valence electrons. The number of nitrogens with one attached hydrogen (secondary N) is 1. The van der Waals surface area contributed by atoms with E-state index in [2.05, 4.69) is 87.3 Å². The summed E-state index contributed by atoms with van der Waals surface area (Å²) in [6, 6.07) is 20.8. The van der Waals surface area contributed by atoms with Gasteiger partial charge in [0.1, 0.15) is 11.9 Å². The monoisotopic (exact) mass is 502 g/mol. The summed E-state index contributed by atoms with van der Waals surface area (Å²) in [7, 11) is 0. The Morgan fingerprint density at radius 2 is 1.73 bits per heavy atom. The minimum absolute atomic E-state index is 0.0387. The fourth-order valence-corrected chi connectivity index (χ4v) is 4.78. The number of hydrogen-bond acceptors (Lipinski definition) is 4. The van der Waals surface area contributed by atoms with Crippen LogP contribution in [-0.4, -0.2) is 46.3 Å². The van der Waals surface area contributed by atoms with Crippen molar-refractivity contribution in [3.8, 4) is 11.4 Å². The number of amides is 1. The minimum atomic E-state index is 0.0387. The minimum Gasteiger partial charge on any atom is -0.490 e. The van der Waals surface area contributed by atoms with Crippen molar-refractivity contribution in [2.24, 2.45) is 5.92 Å². The van der Waals surface area contributed by atoms with E-state index in [0.717, 1.165) is 49.5 Å². The molecule has 3 aromatic rings. The van der Waals surface area contributed by atoms with Gasteiger partial charge in [-0.25, -0.2) is 4.68 Å². The summed E-state index contributed by atoms with van der Waals surface area (Å²) in [5.41, 5.74) is 4.55. The molecule has 0 atom stereocenters. The molecule has 6 nitrogen and oxygen atoms in total. The Labute approximate surface area is 222 Å². The Balaban J connectivity index is 1.24. The summed E-state index contributed by atoms with van der Waals surface area (Å²) in [4.78, 5) is 14.9. The maximum atomic E-state index is 12.7. The first-order chi connectivity index (χ1) is 17.7. The lowest BCUT2D eigenvalue weighted by atomic mass is 9.87. The third-order valence-corrected chi connectivity index (χ3v) is 6.84. The summed E-state index contributed by atoms with van der Waals surface area (Å²) < 4.78 is 8.22. The van der Waals surface area contributed by atoms with E-state index in [-0.39, 0.29) is 17.4 Å². The zero-order valence-corrected chi connectivity index (χ0v) is 23.0. The van der Waals surface area contributed by atoms with Gasteiger partial charge in [-0.3, -0.25) is 9.69 Å². The molecule has 0 radical (unpaired) electrons. The molecule has 0 unspecified atom stereocenters. The zero-order valence-electron chi connectivity index (χ0n) is 23.0. The second-order valence-corrected chi connectivity index (χ2v) is 11.6. The van der Waals surface area contributed by atoms with Gasteiger partial charge in [0, 0.05) is 18.8 Å². The SMILES string of the molecule is CC(C)Cc1cc(CNC(=O)CN2CCC(Oc3ccc(C(C)(C)C)cc3)CC2)nn1-c1ccccc1. The highest BCUT2D eigenvalue weighted by molar-refractivity contribution is 5.78. The van der Waals surface area contributed by atoms with Gasteiger partial charge in [-0.2, -0.15) is 5.10 Å². The van der Waals surface area contributed by atoms with E-state index in [9.17, 15) is 4.79 Å². The number of aromatic nitrogens is 2. The number of benzene rings is 2. The van der Waals surface area contributed by atoms with E-state index in [0.29, 0.717) is 19.0 Å². The van der Waals surface area contributed by atoms with Crippen LogP contribution < -0.4 is 10.1 Å². The summed E-state index contributed by atoms with van der Waals surface area (Å²) >= 11 is 0. The third kappa shape index (κ3) is 7.68. The van der Waals surface area contributed by atoms with Crippen molar-refractivity contribution < 1.29 is 9.53 Å². The molecule has 1 N–H and O–H groups in total. The fraction of sp³-hybridized carbons (Fsp3) is 0.484. The Kier molecular flexibility index (Phi) is 8.70. The highest BCUT2D eigenvalue weighted by atomic mass is 16.5. The first-order valence-electron chi connectivity index (χ1n) is 13.6. The molecule has 6 heteroatoms. The van der Waals surface area contributed by atoms with E-state index in [1.807, 2.05) is 22.9 Å². The maximum absolute atomic E-state index is 12.7. The average Bonchev–Trinajstić information content (AvgIpc) is 3.26. The Hall–Kier alpha value is -3.12. The van der Waals surface area contributed by atoms with Gasteiger partial charge in [-0.05, 0) is 66.5 Å². The molecule has 1 saturated heterocycles. The lowest BCUT2D eigenvalue weighted by molar-refractivity contribution is -0.122. The quantitative estimate of drug-likeness (QED) is 0.418. The Bertz CT molecular complexity index is 1140. The van der Waals surface area contributed by atoms with Crippen molar-refractivity contribution in [3.63, 3.8) is 0 Å². The molecule has 0 bridgehead atoms. The predicted octanol–water partition coefficient (Wildman–Crippen LogP) is 5.53. The summed E-state index contributed by atoms with van der Waals surface area (Å²) in [5, 5.41) is 7.86. The predicted molar refractivity (Wildman–Crippen MR) is 149 cm³/mol. The van der Waals surface area contributed by atoms with Gasteiger partial charge in [0.25, 0.3) is 0 Å². The highest BCUT2D eigenvalue weighted by Gasteiger charge is 2.23. The van der Waals surface area contributed by atoms with Crippen LogP contribution in [0.3, 0.4) is 0 Å². The summed E-state index contributed by atoms with van der Waals surface area (Å²) in [5.74, 6) is 1.49. The van der Waals surface area contributed by atoms with Gasteiger partial charge in [-0.15, -0.1) is 0 Å². The van der Waals surface area contributed by atoms with Crippen LogP contribution in [0.5, 0.6) is 5.75 Å². The van der Waals surface area contributed by atoms with Crippen molar-refractivity contribution >= 4 is 5.91 Å². The number of likely N-dealkylation sites (tertiary alicyclic amines) is 1. The lowest BCUT2D eigenvalue weighted by Crippen LogP contribution is -2.43. The van der Waals surface area contributed by atoms with Crippen LogP contribution in [0.15, 0.2) is 60.7 Å². The number of para-hydroxylation sites is 1. The molecule has 1 amide bonds. The molecular formula is C31H42N4O2. The number of carbonyl (C=O) groups is 1. The van der Waals surface area contributed by atoms with Crippen molar-refractivity contribution in [2.75, 3.05) is 19.6 Å². The van der Waals surface area contributed by atoms with Crippen LogP contribution in [0.4, 0.5) is 0 Å².